The van der Waals surface area contributed by atoms with Gasteiger partial charge in [-0.05, 0) is 36.2 Å². The fourth-order valence-corrected chi connectivity index (χ4v) is 10.9. The van der Waals surface area contributed by atoms with Gasteiger partial charge in [0.1, 0.15) is 0 Å². The van der Waals surface area contributed by atoms with E-state index in [2.05, 4.69) is 98.0 Å². The van der Waals surface area contributed by atoms with Crippen molar-refractivity contribution in [2.75, 3.05) is 6.26 Å². The Balaban J connectivity index is 2.17. The predicted molar refractivity (Wildman–Crippen MR) is 115 cm³/mol. The van der Waals surface area contributed by atoms with Gasteiger partial charge in [0.15, 0.2) is 0 Å². The fraction of sp³-hybridized carbons (Fsp3) is 0.0625. The third kappa shape index (κ3) is 3.47. The van der Waals surface area contributed by atoms with E-state index in [4.69, 9.17) is 0 Å². The van der Waals surface area contributed by atoms with Crippen molar-refractivity contribution < 1.29 is 0 Å². The van der Waals surface area contributed by atoms with Crippen LogP contribution in [0.3, 0.4) is 0 Å². The molecule has 0 nitrogen and oxygen atoms in total. The van der Waals surface area contributed by atoms with Crippen molar-refractivity contribution in [2.45, 2.75) is 0 Å². The van der Waals surface area contributed by atoms with Gasteiger partial charge in [0, 0.05) is 36.2 Å². The van der Waals surface area contributed by atoms with Crippen molar-refractivity contribution in [3.8, 4) is 0 Å². The molecule has 1 atom stereocenters. The molecule has 0 saturated heterocycles. The standard InChI is InChI=1S/C16H12BrIS3/c1-19-16-14(11-5-3-2-4-6-11)15(20-21(16)18)12-7-9-13(17)10-8-12/h2-10H,1H3. The first-order valence-electron chi connectivity index (χ1n) is 6.26. The Morgan fingerprint density at radius 1 is 1.00 bits per heavy atom. The second kappa shape index (κ2) is 7.25. The maximum atomic E-state index is 3.52. The Hall–Kier alpha value is 0.310. The normalized spacial score (nSPS) is 18.4. The molecular weight excluding hydrogens is 495 g/mol. The molecular formula is C16H12BrIS3. The van der Waals surface area contributed by atoms with Gasteiger partial charge in [0.05, 0.1) is 4.20 Å². The highest BCUT2D eigenvalue weighted by atomic mass is 127. The Bertz CT molecular complexity index is 721. The van der Waals surface area contributed by atoms with Crippen LogP contribution in [-0.2, 0) is 0 Å². The van der Waals surface area contributed by atoms with E-state index in [-0.39, 0.29) is 6.69 Å². The number of hydrogen-bond donors (Lipinski definition) is 0. The third-order valence-electron chi connectivity index (χ3n) is 3.09. The minimum Gasteiger partial charge on any atom is -0.121 e. The molecule has 0 spiro atoms. The highest BCUT2D eigenvalue weighted by Gasteiger charge is 2.25. The van der Waals surface area contributed by atoms with E-state index in [9.17, 15) is 0 Å². The van der Waals surface area contributed by atoms with Gasteiger partial charge in [-0.3, -0.25) is 0 Å². The number of rotatable bonds is 2. The van der Waals surface area contributed by atoms with Crippen LogP contribution in [0.1, 0.15) is 11.1 Å². The molecule has 108 valence electrons. The van der Waals surface area contributed by atoms with Crippen LogP contribution in [0, 0.1) is 0 Å². The van der Waals surface area contributed by atoms with E-state index >= 15 is 0 Å². The quantitative estimate of drug-likeness (QED) is 0.242. The molecule has 0 amide bonds. The molecule has 0 fully saturated rings. The van der Waals surface area contributed by atoms with Crippen LogP contribution < -0.4 is 0 Å². The summed E-state index contributed by atoms with van der Waals surface area (Å²) >= 11 is 7.96. The maximum absolute atomic E-state index is 3.52. The Morgan fingerprint density at radius 2 is 1.67 bits per heavy atom. The average molecular weight is 507 g/mol. The second-order valence-electron chi connectivity index (χ2n) is 4.38. The summed E-state index contributed by atoms with van der Waals surface area (Å²) in [6.45, 7) is 0.203. The highest BCUT2D eigenvalue weighted by Crippen LogP contribution is 2.60. The Labute approximate surface area is 156 Å². The lowest BCUT2D eigenvalue weighted by molar-refractivity contribution is 1.60. The predicted octanol–water partition coefficient (Wildman–Crippen LogP) is 7.09. The fourth-order valence-electron chi connectivity index (χ4n) is 2.14. The first kappa shape index (κ1) is 16.2. The van der Waals surface area contributed by atoms with Crippen LogP contribution in [0.4, 0.5) is 0 Å². The van der Waals surface area contributed by atoms with E-state index in [0.29, 0.717) is 0 Å². The minimum atomic E-state index is 0.203. The van der Waals surface area contributed by atoms with Gasteiger partial charge in [-0.1, -0.05) is 69.2 Å². The average Bonchev–Trinajstić information content (AvgIpc) is 2.85. The Morgan fingerprint density at radius 3 is 2.29 bits per heavy atom. The molecule has 21 heavy (non-hydrogen) atoms. The molecule has 0 radical (unpaired) electrons. The topological polar surface area (TPSA) is 0 Å². The number of benzene rings is 2. The zero-order chi connectivity index (χ0) is 14.8. The van der Waals surface area contributed by atoms with Gasteiger partial charge in [0.2, 0.25) is 0 Å². The van der Waals surface area contributed by atoms with Gasteiger partial charge < -0.3 is 0 Å². The lowest BCUT2D eigenvalue weighted by atomic mass is 10.0. The number of halogens is 2. The number of thioether (sulfide) groups is 1. The molecule has 0 aromatic heterocycles. The van der Waals surface area contributed by atoms with Crippen LogP contribution in [0.2, 0.25) is 0 Å². The van der Waals surface area contributed by atoms with Crippen LogP contribution in [0.5, 0.6) is 0 Å². The van der Waals surface area contributed by atoms with E-state index in [0.717, 1.165) is 4.47 Å². The second-order valence-corrected chi connectivity index (χ2v) is 13.7. The van der Waals surface area contributed by atoms with Gasteiger partial charge in [-0.15, -0.1) is 11.8 Å². The molecule has 2 aromatic carbocycles. The van der Waals surface area contributed by atoms with Crippen molar-refractivity contribution in [1.82, 2.24) is 0 Å². The molecule has 5 heteroatoms. The van der Waals surface area contributed by atoms with Gasteiger partial charge in [-0.25, -0.2) is 0 Å². The number of hydrogen-bond acceptors (Lipinski definition) is 2. The molecule has 1 unspecified atom stereocenters. The zero-order valence-corrected chi connectivity index (χ0v) is 17.4. The minimum absolute atomic E-state index is 0.203. The third-order valence-corrected chi connectivity index (χ3v) is 12.0. The van der Waals surface area contributed by atoms with E-state index in [1.165, 1.54) is 25.8 Å². The first-order valence-corrected chi connectivity index (χ1v) is 13.4. The molecule has 0 saturated carbocycles. The molecule has 0 bridgehead atoms. The Kier molecular flexibility index (Phi) is 5.59. The van der Waals surface area contributed by atoms with E-state index in [1.807, 2.05) is 22.6 Å². The molecule has 0 aliphatic carbocycles. The van der Waals surface area contributed by atoms with Crippen LogP contribution in [0.15, 0.2) is 59.1 Å². The monoisotopic (exact) mass is 506 g/mol. The van der Waals surface area contributed by atoms with Gasteiger partial charge in [0.25, 0.3) is 0 Å². The van der Waals surface area contributed by atoms with Crippen LogP contribution >= 0.6 is 66.4 Å². The van der Waals surface area contributed by atoms with Crippen molar-refractivity contribution in [2.24, 2.45) is 0 Å². The first-order chi connectivity index (χ1) is 10.2. The molecule has 3 rings (SSSR count). The van der Waals surface area contributed by atoms with Crippen molar-refractivity contribution in [3.63, 3.8) is 0 Å². The van der Waals surface area contributed by atoms with Gasteiger partial charge >= 0.3 is 0 Å². The van der Waals surface area contributed by atoms with Crippen LogP contribution in [-0.4, -0.2) is 10.5 Å². The lowest BCUT2D eigenvalue weighted by Gasteiger charge is -2.09. The summed E-state index contributed by atoms with van der Waals surface area (Å²) in [5, 5.41) is 0. The lowest BCUT2D eigenvalue weighted by Crippen LogP contribution is -1.95. The molecule has 2 aromatic rings. The van der Waals surface area contributed by atoms with E-state index in [1.54, 1.807) is 0 Å². The molecule has 1 heterocycles. The van der Waals surface area contributed by atoms with E-state index < -0.39 is 0 Å². The molecule has 1 aliphatic rings. The molecule has 0 N–H and O–H groups in total. The molecule has 1 aliphatic heterocycles. The summed E-state index contributed by atoms with van der Waals surface area (Å²) in [7, 11) is 1.98. The SMILES string of the molecule is CSC1=S(I)SC(c2ccc(Br)cc2)=C1c1ccccc1. The zero-order valence-electron chi connectivity index (χ0n) is 11.2. The summed E-state index contributed by atoms with van der Waals surface area (Å²) in [6, 6.07) is 19.4. The summed E-state index contributed by atoms with van der Waals surface area (Å²) in [5.74, 6) is 0. The smallest absolute Gasteiger partial charge is 0.0594 e. The summed E-state index contributed by atoms with van der Waals surface area (Å²) in [5.41, 5.74) is 4.03. The maximum Gasteiger partial charge on any atom is 0.0594 e. The van der Waals surface area contributed by atoms with Crippen LogP contribution in [0.25, 0.3) is 10.5 Å². The summed E-state index contributed by atoms with van der Waals surface area (Å²) < 4.78 is 2.61. The van der Waals surface area contributed by atoms with Crippen molar-refractivity contribution in [1.29, 1.82) is 0 Å². The summed E-state index contributed by atoms with van der Waals surface area (Å²) in [6.07, 6.45) is 2.18. The summed E-state index contributed by atoms with van der Waals surface area (Å²) in [4.78, 5) is 1.40. The largest absolute Gasteiger partial charge is 0.121 e. The van der Waals surface area contributed by atoms with Crippen molar-refractivity contribution >= 4 is 81.1 Å². The highest BCUT2D eigenvalue weighted by molar-refractivity contribution is 14.2. The van der Waals surface area contributed by atoms with Crippen molar-refractivity contribution in [3.05, 3.63) is 70.2 Å². The van der Waals surface area contributed by atoms with Gasteiger partial charge in [-0.2, -0.15) is 0 Å².